The number of hydrogen-bond donors (Lipinski definition) is 0. The van der Waals surface area contributed by atoms with Gasteiger partial charge in [-0.05, 0) is 32.1 Å². The van der Waals surface area contributed by atoms with Gasteiger partial charge in [-0.15, -0.1) is 0 Å². The van der Waals surface area contributed by atoms with Gasteiger partial charge in [0.15, 0.2) is 5.12 Å². The zero-order chi connectivity index (χ0) is 12.4. The standard InChI is InChI=1S/C12H22O3S/c1-3-6-10(8-5-9-11(13)14)16-12(15)7-4-2/h10H,3-9H2,1-2H3,(H,13,14)/p-1. The van der Waals surface area contributed by atoms with Crippen molar-refractivity contribution < 1.29 is 14.7 Å². The van der Waals surface area contributed by atoms with E-state index in [0.29, 0.717) is 12.8 Å². The van der Waals surface area contributed by atoms with Crippen molar-refractivity contribution in [2.24, 2.45) is 0 Å². The van der Waals surface area contributed by atoms with Crippen molar-refractivity contribution in [3.8, 4) is 0 Å². The second-order valence-electron chi connectivity index (χ2n) is 3.91. The highest BCUT2D eigenvalue weighted by molar-refractivity contribution is 8.14. The molecule has 3 nitrogen and oxygen atoms in total. The summed E-state index contributed by atoms with van der Waals surface area (Å²) in [6.07, 6.45) is 5.01. The Kier molecular flexibility index (Phi) is 9.39. The molecule has 0 radical (unpaired) electrons. The molecule has 0 aromatic carbocycles. The molecule has 0 rings (SSSR count). The Morgan fingerprint density at radius 1 is 1.12 bits per heavy atom. The third-order valence-corrected chi connectivity index (χ3v) is 3.54. The lowest BCUT2D eigenvalue weighted by Crippen LogP contribution is -2.22. The first-order valence-corrected chi connectivity index (χ1v) is 6.87. The Labute approximate surface area is 102 Å². The Morgan fingerprint density at radius 3 is 2.31 bits per heavy atom. The van der Waals surface area contributed by atoms with Gasteiger partial charge in [0.05, 0.1) is 0 Å². The van der Waals surface area contributed by atoms with E-state index in [1.54, 1.807) is 0 Å². The van der Waals surface area contributed by atoms with Crippen molar-refractivity contribution in [3.63, 3.8) is 0 Å². The van der Waals surface area contributed by atoms with Gasteiger partial charge in [0, 0.05) is 17.6 Å². The Balaban J connectivity index is 3.86. The molecule has 0 aliphatic heterocycles. The summed E-state index contributed by atoms with van der Waals surface area (Å²) in [6, 6.07) is 0. The molecule has 0 bridgehead atoms. The lowest BCUT2D eigenvalue weighted by Gasteiger charge is -2.14. The molecule has 0 aromatic rings. The van der Waals surface area contributed by atoms with Crippen molar-refractivity contribution in [3.05, 3.63) is 0 Å². The molecule has 0 N–H and O–H groups in total. The fourth-order valence-corrected chi connectivity index (χ4v) is 2.84. The topological polar surface area (TPSA) is 57.2 Å². The molecular formula is C12H21O3S-. The molecular weight excluding hydrogens is 224 g/mol. The molecule has 1 unspecified atom stereocenters. The van der Waals surface area contributed by atoms with Crippen LogP contribution in [0.5, 0.6) is 0 Å². The summed E-state index contributed by atoms with van der Waals surface area (Å²) < 4.78 is 0. The van der Waals surface area contributed by atoms with Crippen LogP contribution in [0.25, 0.3) is 0 Å². The van der Waals surface area contributed by atoms with Crippen LogP contribution in [0.4, 0.5) is 0 Å². The monoisotopic (exact) mass is 245 g/mol. The molecule has 0 aliphatic carbocycles. The summed E-state index contributed by atoms with van der Waals surface area (Å²) in [5.74, 6) is -1.000. The van der Waals surface area contributed by atoms with Gasteiger partial charge in [0.25, 0.3) is 0 Å². The maximum absolute atomic E-state index is 11.5. The van der Waals surface area contributed by atoms with Crippen molar-refractivity contribution in [1.29, 1.82) is 0 Å². The number of hydrogen-bond acceptors (Lipinski definition) is 4. The average Bonchev–Trinajstić information content (AvgIpc) is 2.17. The van der Waals surface area contributed by atoms with Gasteiger partial charge in [-0.25, -0.2) is 0 Å². The molecule has 0 aliphatic rings. The van der Waals surface area contributed by atoms with E-state index in [0.717, 1.165) is 25.7 Å². The quantitative estimate of drug-likeness (QED) is 0.624. The molecule has 0 heterocycles. The maximum atomic E-state index is 11.5. The van der Waals surface area contributed by atoms with Crippen LogP contribution in [0, 0.1) is 0 Å². The zero-order valence-corrected chi connectivity index (χ0v) is 11.0. The van der Waals surface area contributed by atoms with Gasteiger partial charge < -0.3 is 9.90 Å². The molecule has 0 spiro atoms. The third-order valence-electron chi connectivity index (χ3n) is 2.27. The predicted molar refractivity (Wildman–Crippen MR) is 65.1 cm³/mol. The SMILES string of the molecule is CCCC(=O)SC(CCC)CCCC(=O)[O-]. The Morgan fingerprint density at radius 2 is 1.81 bits per heavy atom. The third kappa shape index (κ3) is 8.77. The molecule has 4 heteroatoms. The molecule has 0 saturated heterocycles. The van der Waals surface area contributed by atoms with Gasteiger partial charge in [-0.3, -0.25) is 4.79 Å². The average molecular weight is 245 g/mol. The van der Waals surface area contributed by atoms with Gasteiger partial charge in [-0.1, -0.05) is 32.0 Å². The molecule has 94 valence electrons. The first-order chi connectivity index (χ1) is 7.60. The van der Waals surface area contributed by atoms with Crippen LogP contribution in [0.2, 0.25) is 0 Å². The molecule has 0 aromatic heterocycles. The van der Waals surface area contributed by atoms with E-state index >= 15 is 0 Å². The van der Waals surface area contributed by atoms with Crippen LogP contribution in [0.15, 0.2) is 0 Å². The number of carbonyl (C=O) groups excluding carboxylic acids is 2. The molecule has 0 amide bonds. The number of rotatable bonds is 9. The van der Waals surface area contributed by atoms with E-state index < -0.39 is 5.97 Å². The Hall–Kier alpha value is -0.510. The van der Waals surface area contributed by atoms with E-state index in [1.165, 1.54) is 11.8 Å². The van der Waals surface area contributed by atoms with Crippen LogP contribution in [0.3, 0.4) is 0 Å². The van der Waals surface area contributed by atoms with Crippen LogP contribution in [-0.2, 0) is 9.59 Å². The first-order valence-electron chi connectivity index (χ1n) is 5.99. The van der Waals surface area contributed by atoms with Gasteiger partial charge >= 0.3 is 0 Å². The smallest absolute Gasteiger partial charge is 0.189 e. The number of carbonyl (C=O) groups is 2. The minimum absolute atomic E-state index is 0.0999. The van der Waals surface area contributed by atoms with Crippen molar-refractivity contribution in [2.45, 2.75) is 64.0 Å². The number of aliphatic carboxylic acids is 1. The zero-order valence-electron chi connectivity index (χ0n) is 10.2. The van der Waals surface area contributed by atoms with E-state index in [-0.39, 0.29) is 16.8 Å². The molecule has 1 atom stereocenters. The summed E-state index contributed by atoms with van der Waals surface area (Å²) >= 11 is 1.39. The number of carboxylic acids is 1. The van der Waals surface area contributed by atoms with Crippen LogP contribution < -0.4 is 5.11 Å². The van der Waals surface area contributed by atoms with Crippen LogP contribution in [-0.4, -0.2) is 16.3 Å². The number of thioether (sulfide) groups is 1. The van der Waals surface area contributed by atoms with Gasteiger partial charge in [-0.2, -0.15) is 0 Å². The lowest BCUT2D eigenvalue weighted by atomic mass is 10.1. The summed E-state index contributed by atoms with van der Waals surface area (Å²) in [5, 5.41) is 10.8. The van der Waals surface area contributed by atoms with Crippen LogP contribution in [0.1, 0.15) is 58.8 Å². The van der Waals surface area contributed by atoms with E-state index in [4.69, 9.17) is 0 Å². The van der Waals surface area contributed by atoms with Crippen molar-refractivity contribution in [2.75, 3.05) is 0 Å². The highest BCUT2D eigenvalue weighted by Gasteiger charge is 2.12. The summed E-state index contributed by atoms with van der Waals surface area (Å²) in [4.78, 5) is 21.7. The predicted octanol–water partition coefficient (Wildman–Crippen LogP) is 2.14. The van der Waals surface area contributed by atoms with E-state index in [2.05, 4.69) is 6.92 Å². The van der Waals surface area contributed by atoms with E-state index in [1.807, 2.05) is 6.92 Å². The second-order valence-corrected chi connectivity index (χ2v) is 5.27. The highest BCUT2D eigenvalue weighted by Crippen LogP contribution is 2.24. The maximum Gasteiger partial charge on any atom is 0.189 e. The Bertz CT molecular complexity index is 216. The van der Waals surface area contributed by atoms with E-state index in [9.17, 15) is 14.7 Å². The van der Waals surface area contributed by atoms with Gasteiger partial charge in [0.2, 0.25) is 0 Å². The minimum atomic E-state index is -1.000. The molecule has 16 heavy (non-hydrogen) atoms. The van der Waals surface area contributed by atoms with Crippen molar-refractivity contribution in [1.82, 2.24) is 0 Å². The first kappa shape index (κ1) is 15.5. The summed E-state index contributed by atoms with van der Waals surface area (Å²) in [5.41, 5.74) is 0. The highest BCUT2D eigenvalue weighted by atomic mass is 32.2. The fraction of sp³-hybridized carbons (Fsp3) is 0.833. The largest absolute Gasteiger partial charge is 0.550 e. The molecule has 0 saturated carbocycles. The molecule has 0 fully saturated rings. The minimum Gasteiger partial charge on any atom is -0.550 e. The summed E-state index contributed by atoms with van der Waals surface area (Å²) in [7, 11) is 0. The second kappa shape index (κ2) is 9.70. The fourth-order valence-electron chi connectivity index (χ4n) is 1.51. The summed E-state index contributed by atoms with van der Waals surface area (Å²) in [6.45, 7) is 4.07. The normalized spacial score (nSPS) is 12.4. The lowest BCUT2D eigenvalue weighted by molar-refractivity contribution is -0.305. The van der Waals surface area contributed by atoms with Crippen LogP contribution >= 0.6 is 11.8 Å². The number of carboxylic acid groups (broad SMARTS) is 1. The van der Waals surface area contributed by atoms with Crippen molar-refractivity contribution >= 4 is 22.8 Å². The van der Waals surface area contributed by atoms with Gasteiger partial charge in [0.1, 0.15) is 0 Å².